The fourth-order valence-electron chi connectivity index (χ4n) is 1.20. The summed E-state index contributed by atoms with van der Waals surface area (Å²) in [7, 11) is 0. The number of para-hydroxylation sites is 1. The Morgan fingerprint density at radius 1 is 1.44 bits per heavy atom. The molecule has 0 saturated heterocycles. The molecule has 1 aromatic heterocycles. The summed E-state index contributed by atoms with van der Waals surface area (Å²) in [6, 6.07) is 6.61. The van der Waals surface area contributed by atoms with Crippen LogP contribution in [0.1, 0.15) is 0 Å². The molecule has 7 nitrogen and oxygen atoms in total. The van der Waals surface area contributed by atoms with Crippen LogP contribution in [0.15, 0.2) is 33.9 Å². The Kier molecular flexibility index (Phi) is 3.80. The van der Waals surface area contributed by atoms with E-state index in [2.05, 4.69) is 10.2 Å². The monoisotopic (exact) mass is 266 g/mol. The number of hydrogen-bond acceptors (Lipinski definition) is 7. The summed E-state index contributed by atoms with van der Waals surface area (Å²) in [5, 5.41) is 17.4. The molecule has 0 fully saturated rings. The van der Waals surface area contributed by atoms with E-state index in [1.54, 1.807) is 18.2 Å². The van der Waals surface area contributed by atoms with Crippen LogP contribution >= 0.6 is 11.8 Å². The highest BCUT2D eigenvalue weighted by Gasteiger charge is 2.13. The number of benzene rings is 1. The molecule has 0 aliphatic rings. The Hall–Kier alpha value is -2.06. The van der Waals surface area contributed by atoms with Gasteiger partial charge in [0.15, 0.2) is 0 Å². The van der Waals surface area contributed by atoms with E-state index in [-0.39, 0.29) is 28.5 Å². The quantitative estimate of drug-likeness (QED) is 0.320. The molecule has 1 heterocycles. The number of hydrazine groups is 1. The van der Waals surface area contributed by atoms with Gasteiger partial charge in [-0.1, -0.05) is 23.9 Å². The van der Waals surface area contributed by atoms with E-state index in [4.69, 9.17) is 10.3 Å². The fourth-order valence-corrected chi connectivity index (χ4v) is 1.77. The number of thioether (sulfide) groups is 1. The Morgan fingerprint density at radius 2 is 2.22 bits per heavy atom. The number of nitrogens with one attached hydrogen (secondary N) is 1. The molecule has 0 aliphatic heterocycles. The highest BCUT2D eigenvalue weighted by atomic mass is 32.2. The van der Waals surface area contributed by atoms with Crippen molar-refractivity contribution in [1.29, 1.82) is 0 Å². The lowest BCUT2D eigenvalue weighted by atomic mass is 10.2. The first-order chi connectivity index (χ1) is 8.70. The van der Waals surface area contributed by atoms with E-state index in [9.17, 15) is 9.90 Å². The lowest BCUT2D eigenvalue weighted by molar-refractivity contribution is -0.118. The topological polar surface area (TPSA) is 114 Å². The first kappa shape index (κ1) is 12.4. The predicted octanol–water partition coefficient (Wildman–Crippen LogP) is 0.524. The van der Waals surface area contributed by atoms with Gasteiger partial charge in [0, 0.05) is 0 Å². The molecular formula is C10H10N4O3S. The van der Waals surface area contributed by atoms with Crippen molar-refractivity contribution < 1.29 is 14.3 Å². The number of aromatic hydroxyl groups is 1. The number of aromatic nitrogens is 2. The molecule has 0 aliphatic carbocycles. The third-order valence-electron chi connectivity index (χ3n) is 2.03. The number of carbonyl (C=O) groups excluding carboxylic acids is 1. The maximum absolute atomic E-state index is 10.9. The summed E-state index contributed by atoms with van der Waals surface area (Å²) in [5.74, 6) is 4.93. The summed E-state index contributed by atoms with van der Waals surface area (Å²) in [4.78, 5) is 10.9. The molecule has 0 bridgehead atoms. The second kappa shape index (κ2) is 5.52. The Morgan fingerprint density at radius 3 is 2.94 bits per heavy atom. The number of rotatable bonds is 4. The highest BCUT2D eigenvalue weighted by Crippen LogP contribution is 2.29. The van der Waals surface area contributed by atoms with Crippen LogP contribution < -0.4 is 11.3 Å². The van der Waals surface area contributed by atoms with Crippen LogP contribution in [0.2, 0.25) is 0 Å². The molecule has 18 heavy (non-hydrogen) atoms. The Bertz CT molecular complexity index is 558. The standard InChI is InChI=1S/C10H10N4O3S/c11-12-8(16)5-18-10-14-13-9(17-10)6-3-1-2-4-7(6)15/h1-4,15H,5,11H2,(H,12,16). The lowest BCUT2D eigenvalue weighted by Crippen LogP contribution is -2.31. The van der Waals surface area contributed by atoms with Crippen molar-refractivity contribution in [3.05, 3.63) is 24.3 Å². The zero-order valence-corrected chi connectivity index (χ0v) is 9.98. The van der Waals surface area contributed by atoms with Gasteiger partial charge < -0.3 is 9.52 Å². The highest BCUT2D eigenvalue weighted by molar-refractivity contribution is 7.99. The summed E-state index contributed by atoms with van der Waals surface area (Å²) in [6.45, 7) is 0. The second-order valence-electron chi connectivity index (χ2n) is 3.25. The molecule has 2 rings (SSSR count). The third-order valence-corrected chi connectivity index (χ3v) is 2.85. The van der Waals surface area contributed by atoms with Crippen LogP contribution in [0.25, 0.3) is 11.5 Å². The molecule has 0 radical (unpaired) electrons. The average molecular weight is 266 g/mol. The summed E-state index contributed by atoms with van der Waals surface area (Å²) >= 11 is 1.06. The number of hydrogen-bond donors (Lipinski definition) is 3. The van der Waals surface area contributed by atoms with Crippen LogP contribution in [0, 0.1) is 0 Å². The fraction of sp³-hybridized carbons (Fsp3) is 0.100. The van der Waals surface area contributed by atoms with Gasteiger partial charge in [0.2, 0.25) is 5.91 Å². The Labute approximate surface area is 106 Å². The van der Waals surface area contributed by atoms with E-state index in [0.717, 1.165) is 11.8 Å². The van der Waals surface area contributed by atoms with Gasteiger partial charge in [0.25, 0.3) is 11.1 Å². The van der Waals surface area contributed by atoms with Crippen molar-refractivity contribution in [2.45, 2.75) is 5.22 Å². The van der Waals surface area contributed by atoms with Crippen LogP contribution in [0.3, 0.4) is 0 Å². The van der Waals surface area contributed by atoms with Gasteiger partial charge in [0.05, 0.1) is 11.3 Å². The van der Waals surface area contributed by atoms with Crippen molar-refractivity contribution in [3.63, 3.8) is 0 Å². The lowest BCUT2D eigenvalue weighted by Gasteiger charge is -1.97. The van der Waals surface area contributed by atoms with Gasteiger partial charge in [-0.05, 0) is 12.1 Å². The number of phenols is 1. The maximum atomic E-state index is 10.9. The molecule has 1 amide bonds. The number of nitrogens with two attached hydrogens (primary N) is 1. The molecule has 1 aromatic carbocycles. The van der Waals surface area contributed by atoms with E-state index >= 15 is 0 Å². The van der Waals surface area contributed by atoms with Crippen LogP contribution in [0.4, 0.5) is 0 Å². The SMILES string of the molecule is NNC(=O)CSc1nnc(-c2ccccc2O)o1. The average Bonchev–Trinajstić information content (AvgIpc) is 2.85. The molecule has 0 atom stereocenters. The summed E-state index contributed by atoms with van der Waals surface area (Å²) in [5.41, 5.74) is 2.44. The minimum Gasteiger partial charge on any atom is -0.507 e. The number of carbonyl (C=O) groups is 1. The van der Waals surface area contributed by atoms with Crippen LogP contribution in [-0.4, -0.2) is 27.0 Å². The minimum atomic E-state index is -0.345. The second-order valence-corrected chi connectivity index (χ2v) is 4.17. The molecular weight excluding hydrogens is 256 g/mol. The van der Waals surface area contributed by atoms with E-state index in [0.29, 0.717) is 5.56 Å². The van der Waals surface area contributed by atoms with Crippen molar-refractivity contribution in [2.24, 2.45) is 5.84 Å². The van der Waals surface area contributed by atoms with Gasteiger partial charge in [-0.15, -0.1) is 10.2 Å². The Balaban J connectivity index is 2.11. The first-order valence-corrected chi connectivity index (χ1v) is 5.93. The van der Waals surface area contributed by atoms with Gasteiger partial charge in [-0.2, -0.15) is 0 Å². The van der Waals surface area contributed by atoms with Crippen LogP contribution in [-0.2, 0) is 4.79 Å². The molecule has 0 unspecified atom stereocenters. The molecule has 0 spiro atoms. The third kappa shape index (κ3) is 2.79. The smallest absolute Gasteiger partial charge is 0.277 e. The molecule has 2 aromatic rings. The molecule has 8 heteroatoms. The normalized spacial score (nSPS) is 10.3. The molecule has 94 valence electrons. The zero-order valence-electron chi connectivity index (χ0n) is 9.16. The van der Waals surface area contributed by atoms with Gasteiger partial charge in [0.1, 0.15) is 5.75 Å². The van der Waals surface area contributed by atoms with E-state index in [1.807, 2.05) is 5.43 Å². The first-order valence-electron chi connectivity index (χ1n) is 4.95. The van der Waals surface area contributed by atoms with Gasteiger partial charge in [-0.25, -0.2) is 5.84 Å². The zero-order chi connectivity index (χ0) is 13.0. The van der Waals surface area contributed by atoms with Crippen molar-refractivity contribution in [3.8, 4) is 17.2 Å². The number of amides is 1. The summed E-state index contributed by atoms with van der Waals surface area (Å²) < 4.78 is 5.31. The predicted molar refractivity (Wildman–Crippen MR) is 64.5 cm³/mol. The van der Waals surface area contributed by atoms with Crippen molar-refractivity contribution >= 4 is 17.7 Å². The largest absolute Gasteiger partial charge is 0.507 e. The maximum Gasteiger partial charge on any atom is 0.277 e. The van der Waals surface area contributed by atoms with Gasteiger partial charge >= 0.3 is 0 Å². The molecule has 0 saturated carbocycles. The number of phenolic OH excluding ortho intramolecular Hbond substituents is 1. The van der Waals surface area contributed by atoms with E-state index in [1.165, 1.54) is 6.07 Å². The van der Waals surface area contributed by atoms with E-state index < -0.39 is 0 Å². The van der Waals surface area contributed by atoms with Crippen molar-refractivity contribution in [1.82, 2.24) is 15.6 Å². The van der Waals surface area contributed by atoms with Crippen molar-refractivity contribution in [2.75, 3.05) is 5.75 Å². The minimum absolute atomic E-state index is 0.0531. The van der Waals surface area contributed by atoms with Gasteiger partial charge in [-0.3, -0.25) is 10.2 Å². The molecule has 4 N–H and O–H groups in total. The van der Waals surface area contributed by atoms with Crippen LogP contribution in [0.5, 0.6) is 5.75 Å². The summed E-state index contributed by atoms with van der Waals surface area (Å²) in [6.07, 6.45) is 0. The number of nitrogens with zero attached hydrogens (tertiary/aromatic N) is 2.